The Morgan fingerprint density at radius 3 is 2.88 bits per heavy atom. The van der Waals surface area contributed by atoms with Gasteiger partial charge < -0.3 is 15.2 Å². The van der Waals surface area contributed by atoms with E-state index < -0.39 is 6.10 Å². The molecule has 0 amide bonds. The van der Waals surface area contributed by atoms with Gasteiger partial charge in [0.25, 0.3) is 0 Å². The van der Waals surface area contributed by atoms with E-state index in [0.29, 0.717) is 13.2 Å². The van der Waals surface area contributed by atoms with Crippen molar-refractivity contribution in [1.82, 2.24) is 5.32 Å². The van der Waals surface area contributed by atoms with Gasteiger partial charge in [0.2, 0.25) is 0 Å². The summed E-state index contributed by atoms with van der Waals surface area (Å²) in [6, 6.07) is 7.85. The molecule has 90 valence electrons. The molecule has 16 heavy (non-hydrogen) atoms. The molecule has 0 fully saturated rings. The number of nitrogens with one attached hydrogen (secondary N) is 1. The molecule has 3 nitrogen and oxygen atoms in total. The minimum atomic E-state index is -0.463. The second-order valence-electron chi connectivity index (χ2n) is 3.42. The second-order valence-corrected chi connectivity index (χ2v) is 4.27. The van der Waals surface area contributed by atoms with Crippen LogP contribution in [0.25, 0.3) is 0 Å². The Balaban J connectivity index is 2.41. The molecule has 0 saturated heterocycles. The average molecular weight is 241 g/mol. The summed E-state index contributed by atoms with van der Waals surface area (Å²) >= 11 is 1.64. The lowest BCUT2D eigenvalue weighted by Crippen LogP contribution is -2.31. The minimum Gasteiger partial charge on any atom is -0.490 e. The van der Waals surface area contributed by atoms with Gasteiger partial charge in [0, 0.05) is 11.4 Å². The molecule has 1 rings (SSSR count). The zero-order valence-corrected chi connectivity index (χ0v) is 10.6. The van der Waals surface area contributed by atoms with Crippen LogP contribution in [0.15, 0.2) is 29.2 Å². The third-order valence-electron chi connectivity index (χ3n) is 2.13. The molecule has 0 radical (unpaired) electrons. The van der Waals surface area contributed by atoms with Gasteiger partial charge in [-0.3, -0.25) is 0 Å². The highest BCUT2D eigenvalue weighted by Crippen LogP contribution is 2.26. The van der Waals surface area contributed by atoms with Crippen molar-refractivity contribution < 1.29 is 9.84 Å². The summed E-state index contributed by atoms with van der Waals surface area (Å²) in [7, 11) is 0. The van der Waals surface area contributed by atoms with Crippen LogP contribution in [0.2, 0.25) is 0 Å². The van der Waals surface area contributed by atoms with Crippen molar-refractivity contribution in [2.45, 2.75) is 17.9 Å². The highest BCUT2D eigenvalue weighted by molar-refractivity contribution is 7.98. The smallest absolute Gasteiger partial charge is 0.132 e. The van der Waals surface area contributed by atoms with E-state index in [0.717, 1.165) is 17.2 Å². The summed E-state index contributed by atoms with van der Waals surface area (Å²) in [6.07, 6.45) is 1.55. The highest BCUT2D eigenvalue weighted by atomic mass is 32.2. The molecule has 0 spiro atoms. The number of aliphatic hydroxyl groups is 1. The molecule has 0 aliphatic heterocycles. The number of aliphatic hydroxyl groups excluding tert-OH is 1. The van der Waals surface area contributed by atoms with Crippen molar-refractivity contribution >= 4 is 11.8 Å². The van der Waals surface area contributed by atoms with Crippen LogP contribution in [-0.2, 0) is 0 Å². The summed E-state index contributed by atoms with van der Waals surface area (Å²) in [4.78, 5) is 1.10. The summed E-state index contributed by atoms with van der Waals surface area (Å²) in [5.74, 6) is 0.838. The maximum absolute atomic E-state index is 9.61. The number of para-hydroxylation sites is 1. The van der Waals surface area contributed by atoms with Crippen LogP contribution in [0.3, 0.4) is 0 Å². The summed E-state index contributed by atoms with van der Waals surface area (Å²) < 4.78 is 5.58. The largest absolute Gasteiger partial charge is 0.490 e. The quantitative estimate of drug-likeness (QED) is 0.714. The Hall–Kier alpha value is -0.710. The molecule has 1 unspecified atom stereocenters. The lowest BCUT2D eigenvalue weighted by Gasteiger charge is -2.14. The predicted octanol–water partition coefficient (Wildman–Crippen LogP) is 1.76. The number of hydrogen-bond acceptors (Lipinski definition) is 4. The first-order valence-corrected chi connectivity index (χ1v) is 6.65. The van der Waals surface area contributed by atoms with Crippen LogP contribution >= 0.6 is 11.8 Å². The maximum atomic E-state index is 9.61. The maximum Gasteiger partial charge on any atom is 0.132 e. The predicted molar refractivity (Wildman–Crippen MR) is 68.3 cm³/mol. The van der Waals surface area contributed by atoms with Gasteiger partial charge in [-0.05, 0) is 24.9 Å². The average Bonchev–Trinajstić information content (AvgIpc) is 2.34. The Labute approximate surface area is 101 Å². The monoisotopic (exact) mass is 241 g/mol. The van der Waals surface area contributed by atoms with Crippen LogP contribution in [0.1, 0.15) is 6.92 Å². The fourth-order valence-electron chi connectivity index (χ4n) is 1.29. The van der Waals surface area contributed by atoms with Gasteiger partial charge >= 0.3 is 0 Å². The van der Waals surface area contributed by atoms with E-state index in [1.54, 1.807) is 11.8 Å². The molecular weight excluding hydrogens is 222 g/mol. The molecule has 0 aromatic heterocycles. The highest BCUT2D eigenvalue weighted by Gasteiger charge is 2.06. The molecule has 0 aliphatic rings. The summed E-state index contributed by atoms with van der Waals surface area (Å²) in [5.41, 5.74) is 0. The van der Waals surface area contributed by atoms with Gasteiger partial charge in [-0.15, -0.1) is 11.8 Å². The Bertz CT molecular complexity index is 307. The first-order chi connectivity index (χ1) is 7.77. The third-order valence-corrected chi connectivity index (χ3v) is 2.91. The SMILES string of the molecule is CCNCC(O)COc1ccccc1SC. The van der Waals surface area contributed by atoms with Crippen LogP contribution in [-0.4, -0.2) is 37.2 Å². The topological polar surface area (TPSA) is 41.5 Å². The fourth-order valence-corrected chi connectivity index (χ4v) is 1.84. The van der Waals surface area contributed by atoms with Crippen LogP contribution in [0.5, 0.6) is 5.75 Å². The fraction of sp³-hybridized carbons (Fsp3) is 0.500. The standard InChI is InChI=1S/C12H19NO2S/c1-3-13-8-10(14)9-15-11-6-4-5-7-12(11)16-2/h4-7,10,13-14H,3,8-9H2,1-2H3. The van der Waals surface area contributed by atoms with Crippen molar-refractivity contribution in [2.75, 3.05) is 26.0 Å². The van der Waals surface area contributed by atoms with Gasteiger partial charge in [0.05, 0.1) is 0 Å². The van der Waals surface area contributed by atoms with Gasteiger partial charge in [-0.2, -0.15) is 0 Å². The van der Waals surface area contributed by atoms with Crippen LogP contribution in [0.4, 0.5) is 0 Å². The van der Waals surface area contributed by atoms with Gasteiger partial charge in [0.15, 0.2) is 0 Å². The number of likely N-dealkylation sites (N-methyl/N-ethyl adjacent to an activating group) is 1. The van der Waals surface area contributed by atoms with E-state index in [4.69, 9.17) is 4.74 Å². The molecule has 0 saturated carbocycles. The number of benzene rings is 1. The van der Waals surface area contributed by atoms with Crippen molar-refractivity contribution in [3.63, 3.8) is 0 Å². The molecule has 0 heterocycles. The molecule has 1 aromatic rings. The Morgan fingerprint density at radius 1 is 1.44 bits per heavy atom. The van der Waals surface area contributed by atoms with E-state index in [2.05, 4.69) is 5.32 Å². The first kappa shape index (κ1) is 13.4. The van der Waals surface area contributed by atoms with Crippen molar-refractivity contribution in [3.8, 4) is 5.75 Å². The van der Waals surface area contributed by atoms with Crippen molar-refractivity contribution in [3.05, 3.63) is 24.3 Å². The minimum absolute atomic E-state index is 0.324. The molecule has 0 aliphatic carbocycles. The van der Waals surface area contributed by atoms with E-state index in [1.807, 2.05) is 37.4 Å². The molecule has 2 N–H and O–H groups in total. The second kappa shape index (κ2) is 7.54. The molecule has 4 heteroatoms. The number of thioether (sulfide) groups is 1. The number of hydrogen-bond donors (Lipinski definition) is 2. The van der Waals surface area contributed by atoms with Gasteiger partial charge in [0.1, 0.15) is 18.5 Å². The molecule has 0 bridgehead atoms. The zero-order valence-electron chi connectivity index (χ0n) is 9.77. The number of rotatable bonds is 7. The zero-order chi connectivity index (χ0) is 11.8. The Kier molecular flexibility index (Phi) is 6.30. The van der Waals surface area contributed by atoms with Crippen molar-refractivity contribution in [1.29, 1.82) is 0 Å². The van der Waals surface area contributed by atoms with Crippen LogP contribution < -0.4 is 10.1 Å². The molecule has 1 aromatic carbocycles. The normalized spacial score (nSPS) is 12.4. The lowest BCUT2D eigenvalue weighted by molar-refractivity contribution is 0.105. The van der Waals surface area contributed by atoms with Crippen molar-refractivity contribution in [2.24, 2.45) is 0 Å². The van der Waals surface area contributed by atoms with E-state index >= 15 is 0 Å². The summed E-state index contributed by atoms with van der Waals surface area (Å²) in [5, 5.41) is 12.7. The third kappa shape index (κ3) is 4.43. The number of ether oxygens (including phenoxy) is 1. The van der Waals surface area contributed by atoms with Gasteiger partial charge in [-0.25, -0.2) is 0 Å². The van der Waals surface area contributed by atoms with E-state index in [-0.39, 0.29) is 0 Å². The van der Waals surface area contributed by atoms with Gasteiger partial charge in [-0.1, -0.05) is 19.1 Å². The lowest BCUT2D eigenvalue weighted by atomic mass is 10.3. The van der Waals surface area contributed by atoms with E-state index in [1.165, 1.54) is 0 Å². The van der Waals surface area contributed by atoms with Crippen LogP contribution in [0, 0.1) is 0 Å². The first-order valence-electron chi connectivity index (χ1n) is 5.42. The summed E-state index contributed by atoms with van der Waals surface area (Å²) in [6.45, 7) is 3.76. The molecular formula is C12H19NO2S. The van der Waals surface area contributed by atoms with E-state index in [9.17, 15) is 5.11 Å². The molecule has 1 atom stereocenters. The Morgan fingerprint density at radius 2 is 2.19 bits per heavy atom.